The molecule has 2 N–H and O–H groups in total. The molecule has 0 heterocycles. The normalized spacial score (nSPS) is 9.67. The van der Waals surface area contributed by atoms with Gasteiger partial charge in [0.2, 0.25) is 0 Å². The Morgan fingerprint density at radius 1 is 1.50 bits per heavy atom. The monoisotopic (exact) mass is 119 g/mol. The van der Waals surface area contributed by atoms with E-state index in [1.807, 2.05) is 0 Å². The summed E-state index contributed by atoms with van der Waals surface area (Å²) >= 11 is 0. The van der Waals surface area contributed by atoms with E-state index in [9.17, 15) is 0 Å². The fourth-order valence-corrected chi connectivity index (χ4v) is 0. The fourth-order valence-electron chi connectivity index (χ4n) is 0. The van der Waals surface area contributed by atoms with Crippen molar-refractivity contribution in [3.63, 3.8) is 0 Å². The molecule has 6 heteroatoms. The molecule has 32 valence electrons. The van der Waals surface area contributed by atoms with E-state index >= 15 is 0 Å². The standard InChI is InChI=1S/H3NO3S.Na/c1-5(2,3)4;/h(H3,1,2,3,4);/q;+1/p-1. The third-order valence-electron chi connectivity index (χ3n) is 0. The third kappa shape index (κ3) is 96.4. The molecular weight excluding hydrogens is 117 g/mol. The van der Waals surface area contributed by atoms with Crippen molar-refractivity contribution >= 4 is 10.3 Å². The van der Waals surface area contributed by atoms with Gasteiger partial charge in [0.15, 0.2) is 10.3 Å². The van der Waals surface area contributed by atoms with Crippen molar-refractivity contribution in [1.82, 2.24) is 0 Å². The molecule has 0 aliphatic carbocycles. The van der Waals surface area contributed by atoms with Crippen LogP contribution in [-0.4, -0.2) is 13.0 Å². The molecule has 6 heavy (non-hydrogen) atoms. The van der Waals surface area contributed by atoms with Gasteiger partial charge in [0.05, 0.1) is 0 Å². The zero-order chi connectivity index (χ0) is 4.50. The molecule has 4 nitrogen and oxygen atoms in total. The molecule has 0 aromatic rings. The van der Waals surface area contributed by atoms with Crippen molar-refractivity contribution in [2.24, 2.45) is 5.14 Å². The van der Waals surface area contributed by atoms with Crippen LogP contribution in [0.2, 0.25) is 0 Å². The van der Waals surface area contributed by atoms with E-state index in [0.29, 0.717) is 0 Å². The van der Waals surface area contributed by atoms with Gasteiger partial charge in [0, 0.05) is 0 Å². The summed E-state index contributed by atoms with van der Waals surface area (Å²) in [7, 11) is -4.42. The summed E-state index contributed by atoms with van der Waals surface area (Å²) in [5, 5.41) is 3.77. The van der Waals surface area contributed by atoms with E-state index in [4.69, 9.17) is 13.0 Å². The maximum absolute atomic E-state index is 8.85. The maximum Gasteiger partial charge on any atom is 1.00 e. The Bertz CT molecular complexity index is 94.0. The average Bonchev–Trinajstić information content (AvgIpc) is 0.722. The largest absolute Gasteiger partial charge is 1.00 e. The van der Waals surface area contributed by atoms with Crippen molar-refractivity contribution in [2.45, 2.75) is 0 Å². The van der Waals surface area contributed by atoms with Gasteiger partial charge in [-0.05, 0) is 0 Å². The topological polar surface area (TPSA) is 83.2 Å². The molecule has 0 saturated carbocycles. The van der Waals surface area contributed by atoms with Gasteiger partial charge >= 0.3 is 29.6 Å². The molecule has 0 atom stereocenters. The van der Waals surface area contributed by atoms with E-state index < -0.39 is 10.3 Å². The average molecular weight is 119 g/mol. The summed E-state index contributed by atoms with van der Waals surface area (Å²) in [4.78, 5) is 0. The predicted molar refractivity (Wildman–Crippen MR) is 13.9 cm³/mol. The zero-order valence-electron chi connectivity index (χ0n) is 3.21. The Morgan fingerprint density at radius 2 is 1.50 bits per heavy atom. The van der Waals surface area contributed by atoms with Gasteiger partial charge in [-0.1, -0.05) is 0 Å². The predicted octanol–water partition coefficient (Wildman–Crippen LogP) is -4.59. The summed E-state index contributed by atoms with van der Waals surface area (Å²) < 4.78 is 26.6. The molecule has 0 spiro atoms. The second-order valence-electron chi connectivity index (χ2n) is 0.493. The summed E-state index contributed by atoms with van der Waals surface area (Å²) in [6.45, 7) is 0. The molecule has 0 aromatic heterocycles. The van der Waals surface area contributed by atoms with Gasteiger partial charge in [0.1, 0.15) is 0 Å². The molecule has 0 aliphatic rings. The number of nitrogens with two attached hydrogens (primary N) is 1. The number of hydrogen-bond donors (Lipinski definition) is 1. The van der Waals surface area contributed by atoms with Crippen LogP contribution in [0.3, 0.4) is 0 Å². The minimum Gasteiger partial charge on any atom is -0.736 e. The van der Waals surface area contributed by atoms with Crippen molar-refractivity contribution in [3.05, 3.63) is 0 Å². The van der Waals surface area contributed by atoms with Crippen LogP contribution in [0.1, 0.15) is 0 Å². The van der Waals surface area contributed by atoms with Crippen LogP contribution >= 0.6 is 0 Å². The molecule has 0 aromatic carbocycles. The van der Waals surface area contributed by atoms with Gasteiger partial charge in [-0.25, -0.2) is 13.6 Å². The van der Waals surface area contributed by atoms with Gasteiger partial charge < -0.3 is 4.55 Å². The number of hydrogen-bond acceptors (Lipinski definition) is 3. The summed E-state index contributed by atoms with van der Waals surface area (Å²) in [6, 6.07) is 0. The van der Waals surface area contributed by atoms with Crippen LogP contribution in [0.4, 0.5) is 0 Å². The van der Waals surface area contributed by atoms with E-state index in [1.54, 1.807) is 0 Å². The second kappa shape index (κ2) is 2.95. The molecule has 0 saturated heterocycles. The third-order valence-corrected chi connectivity index (χ3v) is 0. The smallest absolute Gasteiger partial charge is 0.736 e. The fraction of sp³-hybridized carbons (Fsp3) is 0. The summed E-state index contributed by atoms with van der Waals surface area (Å²) in [5.41, 5.74) is 0. The SMILES string of the molecule is NS(=O)(=O)[O-].[Na+]. The van der Waals surface area contributed by atoms with E-state index in [1.165, 1.54) is 0 Å². The Morgan fingerprint density at radius 3 is 1.50 bits per heavy atom. The quantitative estimate of drug-likeness (QED) is 0.257. The first-order chi connectivity index (χ1) is 2.00. The van der Waals surface area contributed by atoms with Crippen LogP contribution in [0.5, 0.6) is 0 Å². The second-order valence-corrected chi connectivity index (χ2v) is 1.48. The molecule has 0 unspecified atom stereocenters. The van der Waals surface area contributed by atoms with Crippen molar-refractivity contribution in [2.75, 3.05) is 0 Å². The van der Waals surface area contributed by atoms with E-state index in [-0.39, 0.29) is 29.6 Å². The summed E-state index contributed by atoms with van der Waals surface area (Å²) in [5.74, 6) is 0. The van der Waals surface area contributed by atoms with Crippen LogP contribution in [0.15, 0.2) is 0 Å². The summed E-state index contributed by atoms with van der Waals surface area (Å²) in [6.07, 6.45) is 0. The zero-order valence-corrected chi connectivity index (χ0v) is 6.03. The van der Waals surface area contributed by atoms with Crippen LogP contribution < -0.4 is 34.7 Å². The van der Waals surface area contributed by atoms with Crippen LogP contribution in [0.25, 0.3) is 0 Å². The van der Waals surface area contributed by atoms with E-state index in [2.05, 4.69) is 5.14 Å². The van der Waals surface area contributed by atoms with Gasteiger partial charge in [-0.15, -0.1) is 0 Å². The molecule has 0 amide bonds. The Kier molecular flexibility index (Phi) is 4.91. The Labute approximate surface area is 57.9 Å². The number of rotatable bonds is 0. The maximum atomic E-state index is 8.85. The van der Waals surface area contributed by atoms with Crippen molar-refractivity contribution in [1.29, 1.82) is 0 Å². The Hall–Kier alpha value is 0.870. The molecule has 0 radical (unpaired) electrons. The van der Waals surface area contributed by atoms with Gasteiger partial charge in [-0.3, -0.25) is 0 Å². The van der Waals surface area contributed by atoms with Gasteiger partial charge in [0.25, 0.3) is 0 Å². The first-order valence-electron chi connectivity index (χ1n) is 0.736. The van der Waals surface area contributed by atoms with Crippen LogP contribution in [0, 0.1) is 0 Å². The minimum absolute atomic E-state index is 0. The van der Waals surface area contributed by atoms with Crippen molar-refractivity contribution < 1.29 is 42.5 Å². The van der Waals surface area contributed by atoms with Gasteiger partial charge in [-0.2, -0.15) is 0 Å². The Balaban J connectivity index is 0. The molecule has 0 fully saturated rings. The van der Waals surface area contributed by atoms with E-state index in [0.717, 1.165) is 0 Å². The van der Waals surface area contributed by atoms with Crippen molar-refractivity contribution in [3.8, 4) is 0 Å². The van der Waals surface area contributed by atoms with Crippen LogP contribution in [-0.2, 0) is 10.3 Å². The molecule has 0 aliphatic heterocycles. The molecule has 0 bridgehead atoms. The molecule has 0 rings (SSSR count). The minimum atomic E-state index is -4.42. The molecular formula is H2NNaO3S. The first-order valence-corrected chi connectivity index (χ1v) is 2.21. The first kappa shape index (κ1) is 9.98.